The number of hydrogen-bond acceptors (Lipinski definition) is 3. The molecule has 0 saturated carbocycles. The zero-order valence-corrected chi connectivity index (χ0v) is 20.6. The number of ether oxygens (including phenoxy) is 1. The predicted octanol–water partition coefficient (Wildman–Crippen LogP) is 7.27. The van der Waals surface area contributed by atoms with Crippen LogP contribution < -0.4 is 4.74 Å². The largest absolute Gasteiger partial charge is 0.481 e. The maximum absolute atomic E-state index is 11.2. The summed E-state index contributed by atoms with van der Waals surface area (Å²) in [6, 6.07) is 22.7. The van der Waals surface area contributed by atoms with Crippen LogP contribution in [-0.4, -0.2) is 27.5 Å². The number of aromatic nitrogens is 2. The summed E-state index contributed by atoms with van der Waals surface area (Å²) in [5.41, 5.74) is 4.96. The number of rotatable bonds is 6. The minimum atomic E-state index is -1.04. The van der Waals surface area contributed by atoms with E-state index in [1.54, 1.807) is 0 Å². The first-order chi connectivity index (χ1) is 16.1. The highest BCUT2D eigenvalue weighted by Crippen LogP contribution is 2.37. The summed E-state index contributed by atoms with van der Waals surface area (Å²) in [4.78, 5) is 11.2. The van der Waals surface area contributed by atoms with Crippen molar-refractivity contribution in [1.82, 2.24) is 9.78 Å². The Balaban J connectivity index is 1.92. The molecule has 0 radical (unpaired) electrons. The lowest BCUT2D eigenvalue weighted by Crippen LogP contribution is -2.13. The average molecular weight is 495 g/mol. The number of nitrogens with zero attached hydrogens (tertiary/aromatic N) is 2. The van der Waals surface area contributed by atoms with Crippen LogP contribution in [0.2, 0.25) is 10.0 Å². The third-order valence-electron chi connectivity index (χ3n) is 5.39. The van der Waals surface area contributed by atoms with Crippen molar-refractivity contribution < 1.29 is 14.6 Å². The number of carbonyl (C=O) groups is 1. The number of hydrogen-bond donors (Lipinski definition) is 1. The summed E-state index contributed by atoms with van der Waals surface area (Å²) in [5, 5.41) is 15.3. The van der Waals surface area contributed by atoms with Crippen molar-refractivity contribution in [2.24, 2.45) is 0 Å². The number of carboxylic acid groups (broad SMARTS) is 1. The third-order valence-corrected chi connectivity index (χ3v) is 5.90. The number of benzene rings is 3. The molecule has 4 aromatic rings. The van der Waals surface area contributed by atoms with E-state index in [1.165, 1.54) is 0 Å². The number of halogens is 2. The van der Waals surface area contributed by atoms with Crippen molar-refractivity contribution >= 4 is 29.2 Å². The van der Waals surface area contributed by atoms with Gasteiger partial charge in [-0.25, -0.2) is 9.48 Å². The van der Waals surface area contributed by atoms with Gasteiger partial charge in [0.05, 0.1) is 17.1 Å². The van der Waals surface area contributed by atoms with Crippen LogP contribution >= 0.6 is 23.2 Å². The van der Waals surface area contributed by atoms with Crippen LogP contribution in [0.15, 0.2) is 72.8 Å². The van der Waals surface area contributed by atoms with E-state index < -0.39 is 12.6 Å². The van der Waals surface area contributed by atoms with Crippen molar-refractivity contribution in [3.63, 3.8) is 0 Å². The van der Waals surface area contributed by atoms with Gasteiger partial charge in [-0.3, -0.25) is 0 Å². The molecule has 34 heavy (non-hydrogen) atoms. The molecule has 1 N–H and O–H groups in total. The molecular formula is C27H24Cl2N2O3. The van der Waals surface area contributed by atoms with Gasteiger partial charge in [-0.1, -0.05) is 62.2 Å². The van der Waals surface area contributed by atoms with Crippen molar-refractivity contribution in [2.75, 3.05) is 6.61 Å². The lowest BCUT2D eigenvalue weighted by molar-refractivity contribution is -0.139. The van der Waals surface area contributed by atoms with Gasteiger partial charge in [-0.15, -0.1) is 0 Å². The number of aliphatic carboxylic acids is 1. The molecule has 0 unspecified atom stereocenters. The second-order valence-electron chi connectivity index (χ2n) is 8.95. The Bertz CT molecular complexity index is 1260. The molecule has 7 heteroatoms. The van der Waals surface area contributed by atoms with E-state index in [9.17, 15) is 4.79 Å². The van der Waals surface area contributed by atoms with Crippen LogP contribution in [0.5, 0.6) is 5.75 Å². The van der Waals surface area contributed by atoms with Gasteiger partial charge in [-0.2, -0.15) is 5.10 Å². The van der Waals surface area contributed by atoms with Crippen LogP contribution in [0.3, 0.4) is 0 Å². The van der Waals surface area contributed by atoms with Gasteiger partial charge in [0.2, 0.25) is 0 Å². The molecule has 0 amide bonds. The molecule has 1 aromatic heterocycles. The lowest BCUT2D eigenvalue weighted by atomic mass is 9.85. The van der Waals surface area contributed by atoms with Gasteiger partial charge < -0.3 is 9.84 Å². The fraction of sp³-hybridized carbons (Fsp3) is 0.185. The van der Waals surface area contributed by atoms with Gasteiger partial charge in [0.25, 0.3) is 0 Å². The zero-order valence-electron chi connectivity index (χ0n) is 19.0. The van der Waals surface area contributed by atoms with Gasteiger partial charge in [-0.05, 0) is 65.6 Å². The van der Waals surface area contributed by atoms with Crippen LogP contribution in [0.4, 0.5) is 0 Å². The standard InChI is InChI=1S/C27H24Cl2N2O3/c1-27(2,3)18-6-13-25(34-16-26(32)33)22(14-18)23-15-24(17-4-7-19(28)8-5-17)31(30-23)21-11-9-20(29)10-12-21/h4-15H,16H2,1-3H3,(H,32,33). The monoisotopic (exact) mass is 494 g/mol. The molecule has 0 aliphatic heterocycles. The summed E-state index contributed by atoms with van der Waals surface area (Å²) in [6.07, 6.45) is 0. The first-order valence-corrected chi connectivity index (χ1v) is 11.5. The van der Waals surface area contributed by atoms with Gasteiger partial charge in [0.15, 0.2) is 6.61 Å². The Morgan fingerprint density at radius 3 is 2.15 bits per heavy atom. The van der Waals surface area contributed by atoms with Crippen molar-refractivity contribution in [1.29, 1.82) is 0 Å². The Morgan fingerprint density at radius 1 is 0.941 bits per heavy atom. The van der Waals surface area contributed by atoms with E-state index in [0.717, 1.165) is 28.1 Å². The Morgan fingerprint density at radius 2 is 1.56 bits per heavy atom. The smallest absolute Gasteiger partial charge is 0.341 e. The molecule has 0 aliphatic carbocycles. The summed E-state index contributed by atoms with van der Waals surface area (Å²) in [6.45, 7) is 5.92. The first-order valence-electron chi connectivity index (χ1n) is 10.7. The summed E-state index contributed by atoms with van der Waals surface area (Å²) < 4.78 is 7.46. The van der Waals surface area contributed by atoms with Gasteiger partial charge in [0, 0.05) is 21.2 Å². The molecule has 0 atom stereocenters. The quantitative estimate of drug-likeness (QED) is 0.306. The Kier molecular flexibility index (Phi) is 6.69. The molecule has 0 fully saturated rings. The summed E-state index contributed by atoms with van der Waals surface area (Å²) in [7, 11) is 0. The van der Waals surface area contributed by atoms with E-state index in [0.29, 0.717) is 21.5 Å². The fourth-order valence-corrected chi connectivity index (χ4v) is 3.83. The van der Waals surface area contributed by atoms with Crippen molar-refractivity contribution in [2.45, 2.75) is 26.2 Å². The second kappa shape index (κ2) is 9.53. The highest BCUT2D eigenvalue weighted by Gasteiger charge is 2.21. The summed E-state index contributed by atoms with van der Waals surface area (Å²) >= 11 is 12.2. The third kappa shape index (κ3) is 5.27. The molecular weight excluding hydrogens is 471 g/mol. The van der Waals surface area contributed by atoms with Crippen LogP contribution in [0.1, 0.15) is 26.3 Å². The molecule has 1 heterocycles. The SMILES string of the molecule is CC(C)(C)c1ccc(OCC(=O)O)c(-c2cc(-c3ccc(Cl)cc3)n(-c3ccc(Cl)cc3)n2)c1. The van der Waals surface area contributed by atoms with E-state index >= 15 is 0 Å². The molecule has 0 bridgehead atoms. The molecule has 3 aromatic carbocycles. The fourth-order valence-electron chi connectivity index (χ4n) is 3.58. The highest BCUT2D eigenvalue weighted by molar-refractivity contribution is 6.30. The Hall–Kier alpha value is -3.28. The molecule has 174 valence electrons. The predicted molar refractivity (Wildman–Crippen MR) is 136 cm³/mol. The van der Waals surface area contributed by atoms with Crippen LogP contribution in [0, 0.1) is 0 Å². The number of carboxylic acids is 1. The van der Waals surface area contributed by atoms with E-state index in [-0.39, 0.29) is 5.41 Å². The lowest BCUT2D eigenvalue weighted by Gasteiger charge is -2.21. The molecule has 4 rings (SSSR count). The van der Waals surface area contributed by atoms with Gasteiger partial charge in [0.1, 0.15) is 5.75 Å². The maximum atomic E-state index is 11.2. The van der Waals surface area contributed by atoms with Gasteiger partial charge >= 0.3 is 5.97 Å². The van der Waals surface area contributed by atoms with Crippen molar-refractivity contribution in [3.05, 3.63) is 88.4 Å². The molecule has 0 spiro atoms. The maximum Gasteiger partial charge on any atom is 0.341 e. The average Bonchev–Trinajstić information content (AvgIpc) is 3.23. The van der Waals surface area contributed by atoms with E-state index in [4.69, 9.17) is 38.1 Å². The highest BCUT2D eigenvalue weighted by atomic mass is 35.5. The van der Waals surface area contributed by atoms with Crippen molar-refractivity contribution in [3.8, 4) is 34.0 Å². The first kappa shape index (κ1) is 23.9. The van der Waals surface area contributed by atoms with E-state index in [2.05, 4.69) is 20.8 Å². The molecule has 5 nitrogen and oxygen atoms in total. The van der Waals surface area contributed by atoms with Crippen LogP contribution in [-0.2, 0) is 10.2 Å². The zero-order chi connectivity index (χ0) is 24.5. The second-order valence-corrected chi connectivity index (χ2v) is 9.83. The molecule has 0 saturated heterocycles. The minimum Gasteiger partial charge on any atom is -0.481 e. The normalized spacial score (nSPS) is 11.4. The topological polar surface area (TPSA) is 64.3 Å². The van der Waals surface area contributed by atoms with Crippen LogP contribution in [0.25, 0.3) is 28.2 Å². The summed E-state index contributed by atoms with van der Waals surface area (Å²) in [5.74, 6) is -0.585. The van der Waals surface area contributed by atoms with E-state index in [1.807, 2.05) is 77.5 Å². The molecule has 0 aliphatic rings. The Labute approximate surface area is 208 Å². The minimum absolute atomic E-state index is 0.113.